The average Bonchev–Trinajstić information content (AvgIpc) is 2.49. The van der Waals surface area contributed by atoms with Gasteiger partial charge in [0.15, 0.2) is 0 Å². The number of hydrogen-bond acceptors (Lipinski definition) is 1. The minimum atomic E-state index is 0.245. The van der Waals surface area contributed by atoms with E-state index in [0.717, 1.165) is 12.0 Å². The van der Waals surface area contributed by atoms with Crippen molar-refractivity contribution in [3.63, 3.8) is 0 Å². The Morgan fingerprint density at radius 1 is 1.23 bits per heavy atom. The molecule has 0 bridgehead atoms. The van der Waals surface area contributed by atoms with Crippen LogP contribution < -0.4 is 0 Å². The van der Waals surface area contributed by atoms with Gasteiger partial charge < -0.3 is 5.11 Å². The fourth-order valence-corrected chi connectivity index (χ4v) is 5.34. The number of benzene rings is 1. The minimum Gasteiger partial charge on any atom is -0.508 e. The van der Waals surface area contributed by atoms with Crippen molar-refractivity contribution in [3.05, 3.63) is 42.0 Å². The summed E-state index contributed by atoms with van der Waals surface area (Å²) in [6.07, 6.45) is 7.33. The van der Waals surface area contributed by atoms with E-state index in [1.165, 1.54) is 37.7 Å². The van der Waals surface area contributed by atoms with Crippen molar-refractivity contribution in [3.8, 4) is 5.75 Å². The highest BCUT2D eigenvalue weighted by atomic mass is 16.3. The van der Waals surface area contributed by atoms with Crippen LogP contribution in [-0.2, 0) is 6.42 Å². The third-order valence-electron chi connectivity index (χ3n) is 7.13. The van der Waals surface area contributed by atoms with Crippen LogP contribution in [0.25, 0.3) is 0 Å². The summed E-state index contributed by atoms with van der Waals surface area (Å²) in [4.78, 5) is 0. The van der Waals surface area contributed by atoms with Crippen molar-refractivity contribution in [1.82, 2.24) is 0 Å². The second-order valence-corrected chi connectivity index (χ2v) is 8.22. The number of hydrogen-bond donors (Lipinski definition) is 1. The molecule has 120 valence electrons. The molecule has 0 amide bonds. The first-order valence-corrected chi connectivity index (χ1v) is 8.83. The number of phenolic OH excluding ortho intramolecular Hbond substituents is 1. The summed E-state index contributed by atoms with van der Waals surface area (Å²) < 4.78 is 0. The van der Waals surface area contributed by atoms with Crippen molar-refractivity contribution in [2.24, 2.45) is 22.7 Å². The summed E-state index contributed by atoms with van der Waals surface area (Å²) in [7, 11) is 0. The lowest BCUT2D eigenvalue weighted by atomic mass is 9.46. The maximum Gasteiger partial charge on any atom is 0.118 e. The Balaban J connectivity index is 1.98. The van der Waals surface area contributed by atoms with E-state index < -0.39 is 0 Å². The van der Waals surface area contributed by atoms with Gasteiger partial charge in [-0.1, -0.05) is 51.1 Å². The second-order valence-electron chi connectivity index (χ2n) is 8.22. The Hall–Kier alpha value is -1.24. The molecule has 3 rings (SSSR count). The fourth-order valence-electron chi connectivity index (χ4n) is 5.34. The summed E-state index contributed by atoms with van der Waals surface area (Å²) >= 11 is 0. The molecule has 0 aromatic heterocycles. The van der Waals surface area contributed by atoms with Crippen LogP contribution in [0, 0.1) is 22.7 Å². The quantitative estimate of drug-likeness (QED) is 0.691. The third kappa shape index (κ3) is 2.30. The van der Waals surface area contributed by atoms with Crippen molar-refractivity contribution in [2.45, 2.75) is 59.3 Å². The normalized spacial score (nSPS) is 38.6. The molecule has 0 unspecified atom stereocenters. The zero-order chi connectivity index (χ0) is 16.0. The fraction of sp³-hybridized carbons (Fsp3) is 0.619. The molecule has 1 aromatic carbocycles. The lowest BCUT2D eigenvalue weighted by molar-refractivity contribution is -0.0491. The predicted octanol–water partition coefficient (Wildman–Crippen LogP) is 5.73. The van der Waals surface area contributed by atoms with Crippen LogP contribution in [0.2, 0.25) is 0 Å². The van der Waals surface area contributed by atoms with Gasteiger partial charge in [-0.05, 0) is 72.8 Å². The Bertz CT molecular complexity index is 575. The molecule has 0 heterocycles. The molecule has 2 aliphatic rings. The summed E-state index contributed by atoms with van der Waals surface area (Å²) in [5.74, 6) is 1.83. The molecule has 2 saturated carbocycles. The van der Waals surface area contributed by atoms with Crippen LogP contribution in [0.4, 0.5) is 0 Å². The van der Waals surface area contributed by atoms with E-state index in [2.05, 4.69) is 33.4 Å². The summed E-state index contributed by atoms with van der Waals surface area (Å²) in [5.41, 5.74) is 3.12. The van der Waals surface area contributed by atoms with E-state index in [-0.39, 0.29) is 5.41 Å². The Morgan fingerprint density at radius 3 is 2.68 bits per heavy atom. The number of allylic oxidation sites excluding steroid dienone is 1. The average molecular weight is 298 g/mol. The lowest BCUT2D eigenvalue weighted by Crippen LogP contribution is -2.51. The van der Waals surface area contributed by atoms with E-state index in [9.17, 15) is 5.11 Å². The van der Waals surface area contributed by atoms with Crippen LogP contribution in [0.1, 0.15) is 58.4 Å². The summed E-state index contributed by atoms with van der Waals surface area (Å²) in [6, 6.07) is 7.88. The first kappa shape index (κ1) is 15.6. The molecule has 2 fully saturated rings. The zero-order valence-electron chi connectivity index (χ0n) is 14.4. The summed E-state index contributed by atoms with van der Waals surface area (Å²) in [5, 5.41) is 10.2. The van der Waals surface area contributed by atoms with Gasteiger partial charge in [0, 0.05) is 0 Å². The van der Waals surface area contributed by atoms with Crippen LogP contribution >= 0.6 is 0 Å². The Morgan fingerprint density at radius 2 is 1.95 bits per heavy atom. The van der Waals surface area contributed by atoms with Gasteiger partial charge in [-0.3, -0.25) is 0 Å². The molecule has 1 nitrogen and oxygen atoms in total. The monoisotopic (exact) mass is 298 g/mol. The van der Waals surface area contributed by atoms with Gasteiger partial charge in [0.25, 0.3) is 0 Å². The zero-order valence-corrected chi connectivity index (χ0v) is 14.4. The largest absolute Gasteiger partial charge is 0.508 e. The van der Waals surface area contributed by atoms with Crippen LogP contribution in [-0.4, -0.2) is 5.11 Å². The standard InChI is InChI=1S/C21H30O/c1-15-8-7-11-19-20(15,3)13-12-16(2)21(19,4)14-17-9-5-6-10-18(17)22/h5-6,9-10,16,19,22H,1,7-8,11-14H2,2-4H3/t16-,19+,20+,21+/m0/s1. The van der Waals surface area contributed by atoms with Gasteiger partial charge in [-0.15, -0.1) is 0 Å². The molecule has 0 saturated heterocycles. The molecular weight excluding hydrogens is 268 g/mol. The molecule has 4 atom stereocenters. The first-order chi connectivity index (χ1) is 10.4. The maximum absolute atomic E-state index is 10.2. The number of aromatic hydroxyl groups is 1. The highest BCUT2D eigenvalue weighted by molar-refractivity contribution is 5.33. The second kappa shape index (κ2) is 5.44. The van der Waals surface area contributed by atoms with Crippen molar-refractivity contribution in [1.29, 1.82) is 0 Å². The number of para-hydroxylation sites is 1. The smallest absolute Gasteiger partial charge is 0.118 e. The van der Waals surface area contributed by atoms with Gasteiger partial charge in [0.1, 0.15) is 5.75 Å². The molecule has 0 radical (unpaired) electrons. The molecule has 22 heavy (non-hydrogen) atoms. The molecule has 1 N–H and O–H groups in total. The van der Waals surface area contributed by atoms with E-state index in [4.69, 9.17) is 0 Å². The van der Waals surface area contributed by atoms with E-state index in [1.54, 1.807) is 0 Å². The van der Waals surface area contributed by atoms with Gasteiger partial charge in [-0.25, -0.2) is 0 Å². The van der Waals surface area contributed by atoms with Crippen molar-refractivity contribution in [2.75, 3.05) is 0 Å². The van der Waals surface area contributed by atoms with Crippen LogP contribution in [0.5, 0.6) is 5.75 Å². The van der Waals surface area contributed by atoms with Gasteiger partial charge >= 0.3 is 0 Å². The first-order valence-electron chi connectivity index (χ1n) is 8.83. The molecule has 0 aliphatic heterocycles. The maximum atomic E-state index is 10.2. The third-order valence-corrected chi connectivity index (χ3v) is 7.13. The van der Waals surface area contributed by atoms with E-state index >= 15 is 0 Å². The predicted molar refractivity (Wildman–Crippen MR) is 92.9 cm³/mol. The van der Waals surface area contributed by atoms with E-state index in [1.807, 2.05) is 18.2 Å². The van der Waals surface area contributed by atoms with Crippen molar-refractivity contribution >= 4 is 0 Å². The molecule has 1 aromatic rings. The molecule has 0 spiro atoms. The molecule has 1 heteroatoms. The topological polar surface area (TPSA) is 20.2 Å². The van der Waals surface area contributed by atoms with Gasteiger partial charge in [0.2, 0.25) is 0 Å². The summed E-state index contributed by atoms with van der Waals surface area (Å²) in [6.45, 7) is 11.8. The number of fused-ring (bicyclic) bond motifs is 1. The molecular formula is C21H30O. The van der Waals surface area contributed by atoms with E-state index in [0.29, 0.717) is 23.0 Å². The number of rotatable bonds is 2. The Kier molecular flexibility index (Phi) is 3.87. The van der Waals surface area contributed by atoms with Crippen molar-refractivity contribution < 1.29 is 5.11 Å². The van der Waals surface area contributed by atoms with Crippen LogP contribution in [0.3, 0.4) is 0 Å². The minimum absolute atomic E-state index is 0.245. The molecule has 2 aliphatic carbocycles. The number of phenols is 1. The lowest BCUT2D eigenvalue weighted by Gasteiger charge is -2.58. The SMILES string of the molecule is C=C1CCC[C@H]2[C@](C)(Cc3ccccc3O)[C@@H](C)CC[C@]12C. The Labute approximate surface area is 135 Å². The highest BCUT2D eigenvalue weighted by Crippen LogP contribution is 2.62. The van der Waals surface area contributed by atoms with Gasteiger partial charge in [-0.2, -0.15) is 0 Å². The highest BCUT2D eigenvalue weighted by Gasteiger charge is 2.53. The van der Waals surface area contributed by atoms with Crippen LogP contribution in [0.15, 0.2) is 36.4 Å². The van der Waals surface area contributed by atoms with Gasteiger partial charge in [0.05, 0.1) is 0 Å².